The van der Waals surface area contributed by atoms with Crippen molar-refractivity contribution in [1.29, 1.82) is 0 Å². The highest BCUT2D eigenvalue weighted by Crippen LogP contribution is 2.21. The number of H-pyrrole nitrogens is 1. The number of aromatic nitrogens is 1. The fraction of sp³-hybridized carbons (Fsp3) is 0.241. The lowest BCUT2D eigenvalue weighted by Gasteiger charge is -2.19. The van der Waals surface area contributed by atoms with Crippen LogP contribution in [0.5, 0.6) is 5.75 Å². The molecule has 0 radical (unpaired) electrons. The highest BCUT2D eigenvalue weighted by atomic mass is 16.5. The van der Waals surface area contributed by atoms with E-state index in [0.717, 1.165) is 38.9 Å². The Morgan fingerprint density at radius 2 is 1.75 bits per heavy atom. The minimum Gasteiger partial charge on any atom is -0.496 e. The maximum absolute atomic E-state index is 13.2. The quantitative estimate of drug-likeness (QED) is 0.304. The SMILES string of the molecule is COc1ccc(C)cc1CCNC(=O)[C@H](Cc1c[nH]c2ccccc12)NC(=O)OCc1ccccc1. The number of fused-ring (bicyclic) bond motifs is 1. The number of carbonyl (C=O) groups excluding carboxylic acids is 2. The summed E-state index contributed by atoms with van der Waals surface area (Å²) in [6.07, 6.45) is 2.16. The van der Waals surface area contributed by atoms with Crippen molar-refractivity contribution in [2.24, 2.45) is 0 Å². The molecule has 0 bridgehead atoms. The molecular weight excluding hydrogens is 454 g/mol. The van der Waals surface area contributed by atoms with Crippen LogP contribution in [0.3, 0.4) is 0 Å². The minimum atomic E-state index is -0.799. The summed E-state index contributed by atoms with van der Waals surface area (Å²) in [5, 5.41) is 6.74. The summed E-state index contributed by atoms with van der Waals surface area (Å²) in [4.78, 5) is 29.0. The third-order valence-electron chi connectivity index (χ3n) is 6.05. The van der Waals surface area contributed by atoms with E-state index in [4.69, 9.17) is 9.47 Å². The monoisotopic (exact) mass is 485 g/mol. The second kappa shape index (κ2) is 11.9. The van der Waals surface area contributed by atoms with Gasteiger partial charge in [0.2, 0.25) is 5.91 Å². The topological polar surface area (TPSA) is 92.5 Å². The van der Waals surface area contributed by atoms with Gasteiger partial charge >= 0.3 is 6.09 Å². The van der Waals surface area contributed by atoms with Crippen LogP contribution in [0.2, 0.25) is 0 Å². The Balaban J connectivity index is 1.43. The van der Waals surface area contributed by atoms with Crippen molar-refractivity contribution in [2.75, 3.05) is 13.7 Å². The van der Waals surface area contributed by atoms with Gasteiger partial charge in [-0.2, -0.15) is 0 Å². The predicted molar refractivity (Wildman–Crippen MR) is 140 cm³/mol. The predicted octanol–water partition coefficient (Wildman–Crippen LogP) is 4.68. The highest BCUT2D eigenvalue weighted by molar-refractivity contribution is 5.88. The molecule has 1 aromatic heterocycles. The van der Waals surface area contributed by atoms with Crippen LogP contribution in [0, 0.1) is 6.92 Å². The Morgan fingerprint density at radius 1 is 0.972 bits per heavy atom. The molecule has 1 heterocycles. The van der Waals surface area contributed by atoms with E-state index < -0.39 is 12.1 Å². The van der Waals surface area contributed by atoms with Gasteiger partial charge in [-0.15, -0.1) is 0 Å². The molecule has 4 rings (SSSR count). The van der Waals surface area contributed by atoms with E-state index in [9.17, 15) is 9.59 Å². The van der Waals surface area contributed by atoms with Gasteiger partial charge in [-0.05, 0) is 42.2 Å². The first kappa shape index (κ1) is 24.9. The van der Waals surface area contributed by atoms with E-state index in [1.807, 2.05) is 85.9 Å². The van der Waals surface area contributed by atoms with E-state index in [2.05, 4.69) is 15.6 Å². The van der Waals surface area contributed by atoms with Crippen LogP contribution >= 0.6 is 0 Å². The number of rotatable bonds is 10. The van der Waals surface area contributed by atoms with Gasteiger partial charge in [0, 0.05) is 30.1 Å². The van der Waals surface area contributed by atoms with Gasteiger partial charge in [0.25, 0.3) is 0 Å². The number of alkyl carbamates (subject to hydrolysis) is 1. The van der Waals surface area contributed by atoms with Crippen LogP contribution in [0.25, 0.3) is 10.9 Å². The van der Waals surface area contributed by atoms with Gasteiger partial charge in [-0.25, -0.2) is 4.79 Å². The number of carbonyl (C=O) groups is 2. The van der Waals surface area contributed by atoms with Gasteiger partial charge < -0.3 is 25.1 Å². The van der Waals surface area contributed by atoms with Crippen molar-refractivity contribution in [1.82, 2.24) is 15.6 Å². The Kier molecular flexibility index (Phi) is 8.24. The fourth-order valence-corrected chi connectivity index (χ4v) is 4.18. The van der Waals surface area contributed by atoms with Crippen LogP contribution in [-0.4, -0.2) is 36.7 Å². The molecular formula is C29H31N3O4. The van der Waals surface area contributed by atoms with E-state index in [1.165, 1.54) is 0 Å². The molecule has 0 saturated heterocycles. The summed E-state index contributed by atoms with van der Waals surface area (Å²) >= 11 is 0. The molecule has 7 nitrogen and oxygen atoms in total. The second-order valence-corrected chi connectivity index (χ2v) is 8.68. The van der Waals surface area contributed by atoms with Crippen molar-refractivity contribution in [3.8, 4) is 5.75 Å². The average Bonchev–Trinajstić information content (AvgIpc) is 3.30. The fourth-order valence-electron chi connectivity index (χ4n) is 4.18. The first-order valence-electron chi connectivity index (χ1n) is 12.0. The van der Waals surface area contributed by atoms with Gasteiger partial charge in [0.1, 0.15) is 18.4 Å². The normalized spacial score (nSPS) is 11.6. The van der Waals surface area contributed by atoms with Crippen molar-refractivity contribution < 1.29 is 19.1 Å². The Bertz CT molecular complexity index is 1320. The number of methoxy groups -OCH3 is 1. The summed E-state index contributed by atoms with van der Waals surface area (Å²) in [6, 6.07) is 22.5. The maximum Gasteiger partial charge on any atom is 0.408 e. The molecule has 0 aliphatic heterocycles. The smallest absolute Gasteiger partial charge is 0.408 e. The largest absolute Gasteiger partial charge is 0.496 e. The van der Waals surface area contributed by atoms with Crippen LogP contribution in [0.4, 0.5) is 4.79 Å². The zero-order valence-electron chi connectivity index (χ0n) is 20.5. The molecule has 3 aromatic carbocycles. The minimum absolute atomic E-state index is 0.126. The molecule has 36 heavy (non-hydrogen) atoms. The molecule has 3 N–H and O–H groups in total. The molecule has 0 saturated carbocycles. The van der Waals surface area contributed by atoms with Crippen molar-refractivity contribution in [2.45, 2.75) is 32.4 Å². The van der Waals surface area contributed by atoms with Gasteiger partial charge in [0.15, 0.2) is 0 Å². The number of aryl methyl sites for hydroxylation is 1. The van der Waals surface area contributed by atoms with Crippen molar-refractivity contribution in [3.05, 3.63) is 101 Å². The summed E-state index contributed by atoms with van der Waals surface area (Å²) in [5.74, 6) is 0.511. The van der Waals surface area contributed by atoms with Gasteiger partial charge in [-0.1, -0.05) is 66.2 Å². The molecule has 186 valence electrons. The zero-order chi connectivity index (χ0) is 25.3. The molecule has 0 fully saturated rings. The summed E-state index contributed by atoms with van der Waals surface area (Å²) < 4.78 is 10.8. The van der Waals surface area contributed by atoms with E-state index in [1.54, 1.807) is 7.11 Å². The number of benzene rings is 3. The van der Waals surface area contributed by atoms with E-state index >= 15 is 0 Å². The third kappa shape index (κ3) is 6.44. The summed E-state index contributed by atoms with van der Waals surface area (Å²) in [6.45, 7) is 2.55. The Labute approximate surface area is 210 Å². The molecule has 0 spiro atoms. The van der Waals surface area contributed by atoms with Crippen LogP contribution in [-0.2, 0) is 29.0 Å². The molecule has 2 amide bonds. The number of aromatic amines is 1. The number of para-hydroxylation sites is 1. The van der Waals surface area contributed by atoms with Gasteiger partial charge in [0.05, 0.1) is 7.11 Å². The van der Waals surface area contributed by atoms with E-state index in [0.29, 0.717) is 19.4 Å². The highest BCUT2D eigenvalue weighted by Gasteiger charge is 2.23. The lowest BCUT2D eigenvalue weighted by Crippen LogP contribution is -2.48. The number of ether oxygens (including phenoxy) is 2. The van der Waals surface area contributed by atoms with Crippen LogP contribution in [0.15, 0.2) is 79.0 Å². The Morgan fingerprint density at radius 3 is 2.56 bits per heavy atom. The second-order valence-electron chi connectivity index (χ2n) is 8.68. The van der Waals surface area contributed by atoms with E-state index in [-0.39, 0.29) is 12.5 Å². The van der Waals surface area contributed by atoms with Crippen LogP contribution in [0.1, 0.15) is 22.3 Å². The molecule has 1 atom stereocenters. The molecule has 7 heteroatoms. The standard InChI is InChI=1S/C29H31N3O4/c1-20-12-13-27(35-2)22(16-20)14-15-30-28(33)26(17-23-18-31-25-11-7-6-10-24(23)25)32-29(34)36-19-21-8-4-3-5-9-21/h3-13,16,18,26,31H,14-15,17,19H2,1-2H3,(H,30,33)(H,32,34)/t26-/m0/s1. The molecule has 0 aliphatic rings. The summed E-state index contributed by atoms with van der Waals surface area (Å²) in [5.41, 5.74) is 4.93. The maximum atomic E-state index is 13.2. The van der Waals surface area contributed by atoms with Gasteiger partial charge in [-0.3, -0.25) is 4.79 Å². The number of hydrogen-bond acceptors (Lipinski definition) is 4. The first-order valence-corrected chi connectivity index (χ1v) is 12.0. The van der Waals surface area contributed by atoms with Crippen molar-refractivity contribution >= 4 is 22.9 Å². The molecule has 0 unspecified atom stereocenters. The Hall–Kier alpha value is -4.26. The lowest BCUT2D eigenvalue weighted by atomic mass is 10.0. The van der Waals surface area contributed by atoms with Crippen molar-refractivity contribution in [3.63, 3.8) is 0 Å². The zero-order valence-corrected chi connectivity index (χ0v) is 20.5. The third-order valence-corrected chi connectivity index (χ3v) is 6.05. The summed E-state index contributed by atoms with van der Waals surface area (Å²) in [7, 11) is 1.63. The average molecular weight is 486 g/mol. The number of amides is 2. The number of hydrogen-bond donors (Lipinski definition) is 3. The number of nitrogens with one attached hydrogen (secondary N) is 3. The molecule has 4 aromatic rings. The lowest BCUT2D eigenvalue weighted by molar-refractivity contribution is -0.123. The molecule has 0 aliphatic carbocycles. The van der Waals surface area contributed by atoms with Crippen LogP contribution < -0.4 is 15.4 Å². The first-order chi connectivity index (χ1) is 17.5.